The zero-order chi connectivity index (χ0) is 28.2. The fourth-order valence-corrected chi connectivity index (χ4v) is 5.15. The van der Waals surface area contributed by atoms with E-state index in [1.54, 1.807) is 17.1 Å². The van der Waals surface area contributed by atoms with Gasteiger partial charge in [-0.25, -0.2) is 9.97 Å². The molecule has 1 saturated heterocycles. The topological polar surface area (TPSA) is 121 Å². The predicted molar refractivity (Wildman–Crippen MR) is 155 cm³/mol. The molecular weight excluding hydrogens is 520 g/mol. The van der Waals surface area contributed by atoms with E-state index in [1.165, 1.54) is 23.8 Å². The summed E-state index contributed by atoms with van der Waals surface area (Å²) in [6.45, 7) is 6.54. The van der Waals surface area contributed by atoms with Gasteiger partial charge in [-0.1, -0.05) is 18.2 Å². The molecule has 4 aromatic rings. The van der Waals surface area contributed by atoms with Gasteiger partial charge in [0.15, 0.2) is 11.6 Å². The largest absolute Gasteiger partial charge is 0.448 e. The van der Waals surface area contributed by atoms with Gasteiger partial charge in [-0.3, -0.25) is 14.3 Å². The fourth-order valence-electron chi connectivity index (χ4n) is 5.15. The first-order chi connectivity index (χ1) is 20.0. The molecule has 0 spiro atoms. The predicted octanol–water partition coefficient (Wildman–Crippen LogP) is 3.85. The molecule has 11 heteroatoms. The molecule has 1 aliphatic carbocycles. The average molecular weight is 555 g/mol. The minimum Gasteiger partial charge on any atom is -0.448 e. The summed E-state index contributed by atoms with van der Waals surface area (Å²) in [6, 6.07) is 13.9. The van der Waals surface area contributed by atoms with Crippen molar-refractivity contribution in [3.05, 3.63) is 84.1 Å². The highest BCUT2D eigenvalue weighted by Crippen LogP contribution is 2.39. The number of hydrogen-bond acceptors (Lipinski definition) is 8. The third-order valence-electron chi connectivity index (χ3n) is 7.58. The van der Waals surface area contributed by atoms with Gasteiger partial charge in [0.1, 0.15) is 18.9 Å². The summed E-state index contributed by atoms with van der Waals surface area (Å²) in [6.07, 6.45) is 7.35. The van der Waals surface area contributed by atoms with Crippen LogP contribution in [0.5, 0.6) is 0 Å². The van der Waals surface area contributed by atoms with Crippen LogP contribution in [-0.4, -0.2) is 64.3 Å². The number of hydrogen-bond donors (Lipinski definition) is 2. The highest BCUT2D eigenvalue weighted by atomic mass is 16.3. The van der Waals surface area contributed by atoms with Gasteiger partial charge in [0.25, 0.3) is 11.8 Å². The second-order valence-electron chi connectivity index (χ2n) is 10.6. The standard InChI is InChI=1S/C30H34N8O3/c1-21-5-2-3-6-26(21)36-13-15-37(16-14-36)27-10-9-23(28(39)32-11-4-12-38-20-31-19-33-38)17-24(27)34-29(40)25-18-41-30(35-25)22-7-8-22/h2-3,5-6,9-10,17-20,22H,4,7-8,11-16H2,1H3,(H,32,39)(H,34,40). The quantitative estimate of drug-likeness (QED) is 0.284. The second kappa shape index (κ2) is 11.8. The van der Waals surface area contributed by atoms with Crippen LogP contribution in [0, 0.1) is 6.92 Å². The maximum Gasteiger partial charge on any atom is 0.277 e. The van der Waals surface area contributed by atoms with Gasteiger partial charge in [-0.15, -0.1) is 0 Å². The van der Waals surface area contributed by atoms with Crippen molar-refractivity contribution in [3.63, 3.8) is 0 Å². The molecule has 3 heterocycles. The Morgan fingerprint density at radius 2 is 1.78 bits per heavy atom. The maximum absolute atomic E-state index is 13.2. The van der Waals surface area contributed by atoms with Crippen LogP contribution >= 0.6 is 0 Å². The molecule has 1 saturated carbocycles. The van der Waals surface area contributed by atoms with Crippen molar-refractivity contribution in [2.24, 2.45) is 0 Å². The van der Waals surface area contributed by atoms with Gasteiger partial charge in [0.2, 0.25) is 0 Å². The smallest absolute Gasteiger partial charge is 0.277 e. The molecule has 2 aromatic carbocycles. The monoisotopic (exact) mass is 554 g/mol. The number of piperazine rings is 1. The zero-order valence-corrected chi connectivity index (χ0v) is 23.1. The first-order valence-corrected chi connectivity index (χ1v) is 14.1. The molecular formula is C30H34N8O3. The fraction of sp³-hybridized carbons (Fsp3) is 0.367. The number of anilines is 3. The number of aromatic nitrogens is 4. The number of carbonyl (C=O) groups is 2. The number of benzene rings is 2. The van der Waals surface area contributed by atoms with E-state index in [9.17, 15) is 9.59 Å². The first-order valence-electron chi connectivity index (χ1n) is 14.1. The van der Waals surface area contributed by atoms with Crippen molar-refractivity contribution in [3.8, 4) is 0 Å². The van der Waals surface area contributed by atoms with E-state index in [-0.39, 0.29) is 17.5 Å². The molecule has 212 valence electrons. The highest BCUT2D eigenvalue weighted by molar-refractivity contribution is 6.06. The number of amides is 2. The van der Waals surface area contributed by atoms with Crippen molar-refractivity contribution in [1.29, 1.82) is 0 Å². The zero-order valence-electron chi connectivity index (χ0n) is 23.1. The van der Waals surface area contributed by atoms with Crippen molar-refractivity contribution < 1.29 is 14.0 Å². The molecule has 0 bridgehead atoms. The Labute approximate surface area is 238 Å². The van der Waals surface area contributed by atoms with Gasteiger partial charge in [0.05, 0.1) is 11.4 Å². The van der Waals surface area contributed by atoms with E-state index in [4.69, 9.17) is 4.42 Å². The van der Waals surface area contributed by atoms with Crippen LogP contribution in [0.15, 0.2) is 65.8 Å². The summed E-state index contributed by atoms with van der Waals surface area (Å²) in [7, 11) is 0. The van der Waals surface area contributed by atoms with E-state index >= 15 is 0 Å². The van der Waals surface area contributed by atoms with Gasteiger partial charge in [0, 0.05) is 56.4 Å². The molecule has 41 heavy (non-hydrogen) atoms. The summed E-state index contributed by atoms with van der Waals surface area (Å²) < 4.78 is 7.27. The number of para-hydroxylation sites is 1. The first kappa shape index (κ1) is 26.5. The van der Waals surface area contributed by atoms with E-state index < -0.39 is 0 Å². The van der Waals surface area contributed by atoms with E-state index in [0.717, 1.165) is 51.1 Å². The van der Waals surface area contributed by atoms with Crippen LogP contribution in [0.1, 0.15) is 57.5 Å². The Hall–Kier alpha value is -4.67. The van der Waals surface area contributed by atoms with Crippen LogP contribution in [0.2, 0.25) is 0 Å². The summed E-state index contributed by atoms with van der Waals surface area (Å²) in [5.74, 6) is 0.369. The minimum absolute atomic E-state index is 0.201. The third-order valence-corrected chi connectivity index (χ3v) is 7.58. The van der Waals surface area contributed by atoms with E-state index in [1.807, 2.05) is 12.1 Å². The molecule has 0 atom stereocenters. The Kier molecular flexibility index (Phi) is 7.66. The van der Waals surface area contributed by atoms with Gasteiger partial charge in [-0.2, -0.15) is 5.10 Å². The number of aryl methyl sites for hydroxylation is 2. The molecule has 0 unspecified atom stereocenters. The van der Waals surface area contributed by atoms with Crippen LogP contribution in [0.25, 0.3) is 0 Å². The summed E-state index contributed by atoms with van der Waals surface area (Å²) >= 11 is 0. The van der Waals surface area contributed by atoms with Gasteiger partial charge >= 0.3 is 0 Å². The van der Waals surface area contributed by atoms with Crippen LogP contribution < -0.4 is 20.4 Å². The molecule has 11 nitrogen and oxygen atoms in total. The van der Waals surface area contributed by atoms with E-state index in [2.05, 4.69) is 66.7 Å². The molecule has 2 amide bonds. The van der Waals surface area contributed by atoms with E-state index in [0.29, 0.717) is 36.1 Å². The lowest BCUT2D eigenvalue weighted by Crippen LogP contribution is -2.47. The second-order valence-corrected chi connectivity index (χ2v) is 10.6. The summed E-state index contributed by atoms with van der Waals surface area (Å²) in [5, 5.41) is 10.1. The van der Waals surface area contributed by atoms with Crippen LogP contribution in [0.3, 0.4) is 0 Å². The molecule has 0 radical (unpaired) electrons. The minimum atomic E-state index is -0.356. The summed E-state index contributed by atoms with van der Waals surface area (Å²) in [4.78, 5) is 39.2. The lowest BCUT2D eigenvalue weighted by molar-refractivity contribution is 0.0951. The van der Waals surface area contributed by atoms with Crippen molar-refractivity contribution in [1.82, 2.24) is 25.1 Å². The third kappa shape index (κ3) is 6.24. The van der Waals surface area contributed by atoms with Crippen LogP contribution in [0.4, 0.5) is 17.1 Å². The molecule has 6 rings (SSSR count). The highest BCUT2D eigenvalue weighted by Gasteiger charge is 2.30. The number of carbonyl (C=O) groups excluding carboxylic acids is 2. The average Bonchev–Trinajstić information content (AvgIpc) is 3.48. The molecule has 2 aliphatic rings. The van der Waals surface area contributed by atoms with Crippen LogP contribution in [-0.2, 0) is 6.54 Å². The van der Waals surface area contributed by atoms with Gasteiger partial charge < -0.3 is 24.9 Å². The number of oxazole rings is 1. The number of nitrogens with zero attached hydrogens (tertiary/aromatic N) is 6. The van der Waals surface area contributed by atoms with Gasteiger partial charge in [-0.05, 0) is 56.0 Å². The summed E-state index contributed by atoms with van der Waals surface area (Å²) in [5.41, 5.74) is 4.66. The SMILES string of the molecule is Cc1ccccc1N1CCN(c2ccc(C(=O)NCCCn3cncn3)cc2NC(=O)c2coc(C3CC3)n2)CC1. The molecule has 2 fully saturated rings. The lowest BCUT2D eigenvalue weighted by atomic mass is 10.1. The van der Waals surface area contributed by atoms with Crippen molar-refractivity contribution in [2.75, 3.05) is 47.8 Å². The van der Waals surface area contributed by atoms with Crippen molar-refractivity contribution >= 4 is 28.9 Å². The normalized spacial score (nSPS) is 15.1. The number of rotatable bonds is 10. The molecule has 2 aromatic heterocycles. The Bertz CT molecular complexity index is 1500. The van der Waals surface area contributed by atoms with Crippen molar-refractivity contribution in [2.45, 2.75) is 38.6 Å². The Balaban J connectivity index is 1.17. The molecule has 1 aliphatic heterocycles. The molecule has 2 N–H and O–H groups in total. The Morgan fingerprint density at radius 3 is 2.51 bits per heavy atom. The number of nitrogens with one attached hydrogen (secondary N) is 2. The lowest BCUT2D eigenvalue weighted by Gasteiger charge is -2.38. The Morgan fingerprint density at radius 1 is 1.00 bits per heavy atom. The maximum atomic E-state index is 13.2.